The minimum absolute atomic E-state index is 0.00895. The number of carbonyl (C=O) groups is 2. The highest BCUT2D eigenvalue weighted by Crippen LogP contribution is 2.41. The van der Waals surface area contributed by atoms with Crippen LogP contribution in [0.15, 0.2) is 64.4 Å². The van der Waals surface area contributed by atoms with Crippen molar-refractivity contribution >= 4 is 53.8 Å². The molecule has 0 radical (unpaired) electrons. The number of piperidine rings is 1. The number of ether oxygens (including phenoxy) is 1. The van der Waals surface area contributed by atoms with Crippen LogP contribution in [0, 0.1) is 5.92 Å². The smallest absolute Gasteiger partial charge is 0.258 e. The van der Waals surface area contributed by atoms with Crippen LogP contribution in [0.5, 0.6) is 0 Å². The second kappa shape index (κ2) is 10.9. The molecule has 2 heterocycles. The number of benzene rings is 3. The quantitative estimate of drug-likeness (QED) is 0.382. The second-order valence-corrected chi connectivity index (χ2v) is 14.1. The Morgan fingerprint density at radius 2 is 1.75 bits per heavy atom. The first-order valence-electron chi connectivity index (χ1n) is 13.0. The highest BCUT2D eigenvalue weighted by atomic mass is 32.2. The predicted molar refractivity (Wildman–Crippen MR) is 152 cm³/mol. The summed E-state index contributed by atoms with van der Waals surface area (Å²) in [5.41, 5.74) is 1.94. The van der Waals surface area contributed by atoms with Crippen molar-refractivity contribution in [1.29, 1.82) is 0 Å². The van der Waals surface area contributed by atoms with E-state index in [0.717, 1.165) is 22.7 Å². The third kappa shape index (κ3) is 5.24. The molecule has 40 heavy (non-hydrogen) atoms. The molecule has 1 saturated heterocycles. The van der Waals surface area contributed by atoms with E-state index in [0.29, 0.717) is 43.7 Å². The van der Waals surface area contributed by atoms with Crippen LogP contribution in [-0.4, -0.2) is 72.6 Å². The summed E-state index contributed by atoms with van der Waals surface area (Å²) < 4.78 is 56.5. The van der Waals surface area contributed by atoms with Crippen molar-refractivity contribution in [3.63, 3.8) is 0 Å². The third-order valence-electron chi connectivity index (χ3n) is 7.42. The van der Waals surface area contributed by atoms with E-state index in [1.54, 1.807) is 30.2 Å². The summed E-state index contributed by atoms with van der Waals surface area (Å²) in [4.78, 5) is 28.2. The first-order valence-corrected chi connectivity index (χ1v) is 16.3. The van der Waals surface area contributed by atoms with Gasteiger partial charge in [0.2, 0.25) is 15.9 Å². The number of anilines is 2. The van der Waals surface area contributed by atoms with Gasteiger partial charge in [-0.1, -0.05) is 12.1 Å². The van der Waals surface area contributed by atoms with Crippen LogP contribution in [0.4, 0.5) is 11.4 Å². The molecule has 12 heteroatoms. The van der Waals surface area contributed by atoms with Gasteiger partial charge in [0.05, 0.1) is 21.4 Å². The number of rotatable bonds is 9. The van der Waals surface area contributed by atoms with Crippen molar-refractivity contribution in [1.82, 2.24) is 4.31 Å². The maximum atomic E-state index is 13.4. The number of sulfone groups is 1. The molecule has 212 valence electrons. The summed E-state index contributed by atoms with van der Waals surface area (Å²) in [5.74, 6) is -0.957. The summed E-state index contributed by atoms with van der Waals surface area (Å²) in [6, 6.07) is 14.1. The molecular formula is C28H31N3O7S2. The standard InChI is InChI=1S/C28H31N3O7S2/c1-38-17-5-16-31-25-14-13-24(22-7-3-8-23(26(22)25)28(31)33)29-27(32)19-6-4-15-30(18-19)40(36,37)21-11-9-20(10-12-21)39(2,34)35/h3,7-14,19H,4-6,15-18H2,1-2H3,(H,29,32). The predicted octanol–water partition coefficient (Wildman–Crippen LogP) is 3.28. The van der Waals surface area contributed by atoms with Gasteiger partial charge < -0.3 is 15.0 Å². The van der Waals surface area contributed by atoms with Gasteiger partial charge in [0.1, 0.15) is 0 Å². The van der Waals surface area contributed by atoms with E-state index in [-0.39, 0.29) is 34.7 Å². The van der Waals surface area contributed by atoms with Crippen molar-refractivity contribution in [3.05, 3.63) is 60.2 Å². The minimum atomic E-state index is -3.92. The Morgan fingerprint density at radius 3 is 2.45 bits per heavy atom. The largest absolute Gasteiger partial charge is 0.385 e. The lowest BCUT2D eigenvalue weighted by atomic mass is 9.98. The molecule has 2 aliphatic rings. The van der Waals surface area contributed by atoms with Gasteiger partial charge in [-0.15, -0.1) is 0 Å². The van der Waals surface area contributed by atoms with Gasteiger partial charge in [0.15, 0.2) is 9.84 Å². The maximum Gasteiger partial charge on any atom is 0.258 e. The molecule has 0 saturated carbocycles. The lowest BCUT2D eigenvalue weighted by Crippen LogP contribution is -2.43. The zero-order valence-electron chi connectivity index (χ0n) is 22.3. The number of hydrogen-bond donors (Lipinski definition) is 1. The van der Waals surface area contributed by atoms with Crippen LogP contribution >= 0.6 is 0 Å². The Hall–Kier alpha value is -3.32. The molecular weight excluding hydrogens is 554 g/mol. The van der Waals surface area contributed by atoms with Crippen molar-refractivity contribution < 1.29 is 31.2 Å². The number of amides is 2. The lowest BCUT2D eigenvalue weighted by molar-refractivity contribution is -0.120. The molecule has 2 aliphatic heterocycles. The Bertz CT molecular complexity index is 1690. The zero-order valence-corrected chi connectivity index (χ0v) is 23.9. The molecule has 1 N–H and O–H groups in total. The van der Waals surface area contributed by atoms with E-state index in [9.17, 15) is 26.4 Å². The number of nitrogens with one attached hydrogen (secondary N) is 1. The Kier molecular flexibility index (Phi) is 7.71. The van der Waals surface area contributed by atoms with Gasteiger partial charge >= 0.3 is 0 Å². The third-order valence-corrected chi connectivity index (χ3v) is 10.4. The number of carbonyl (C=O) groups excluding carboxylic acids is 2. The van der Waals surface area contributed by atoms with E-state index in [1.165, 1.54) is 28.6 Å². The highest BCUT2D eigenvalue weighted by molar-refractivity contribution is 7.90. The fraction of sp³-hybridized carbons (Fsp3) is 0.357. The number of sulfonamides is 1. The fourth-order valence-corrected chi connectivity index (χ4v) is 7.52. The summed E-state index contributed by atoms with van der Waals surface area (Å²) in [6.07, 6.45) is 2.79. The van der Waals surface area contributed by atoms with Crippen molar-refractivity contribution in [2.24, 2.45) is 5.92 Å². The number of methoxy groups -OCH3 is 1. The fourth-order valence-electron chi connectivity index (χ4n) is 5.36. The van der Waals surface area contributed by atoms with Crippen LogP contribution < -0.4 is 10.2 Å². The number of nitrogens with zero attached hydrogens (tertiary/aromatic N) is 2. The average molecular weight is 586 g/mol. The van der Waals surface area contributed by atoms with Crippen LogP contribution in [0.1, 0.15) is 29.6 Å². The topological polar surface area (TPSA) is 130 Å². The van der Waals surface area contributed by atoms with E-state index in [4.69, 9.17) is 4.74 Å². The zero-order chi connectivity index (χ0) is 28.7. The van der Waals surface area contributed by atoms with E-state index in [2.05, 4.69) is 5.32 Å². The van der Waals surface area contributed by atoms with Gasteiger partial charge in [-0.05, 0) is 61.7 Å². The molecule has 1 fully saturated rings. The Labute approximate surface area is 233 Å². The van der Waals surface area contributed by atoms with Gasteiger partial charge in [0.25, 0.3) is 5.91 Å². The molecule has 10 nitrogen and oxygen atoms in total. The molecule has 1 unspecified atom stereocenters. The van der Waals surface area contributed by atoms with E-state index < -0.39 is 25.8 Å². The van der Waals surface area contributed by atoms with Crippen LogP contribution in [0.3, 0.4) is 0 Å². The summed E-state index contributed by atoms with van der Waals surface area (Å²) in [6.45, 7) is 1.33. The van der Waals surface area contributed by atoms with Gasteiger partial charge in [-0.2, -0.15) is 4.31 Å². The van der Waals surface area contributed by atoms with Crippen molar-refractivity contribution in [2.75, 3.05) is 49.8 Å². The van der Waals surface area contributed by atoms with Crippen LogP contribution in [0.2, 0.25) is 0 Å². The molecule has 3 aromatic carbocycles. The molecule has 3 aromatic rings. The molecule has 5 rings (SSSR count). The Balaban J connectivity index is 1.34. The first-order chi connectivity index (χ1) is 19.0. The average Bonchev–Trinajstić information content (AvgIpc) is 3.22. The first kappa shape index (κ1) is 28.2. The SMILES string of the molecule is COCCCN1C(=O)c2cccc3c(NC(=O)C4CCCN(S(=O)(=O)c5ccc(S(C)(=O)=O)cc5)C4)ccc1c23. The monoisotopic (exact) mass is 585 g/mol. The molecule has 0 bridgehead atoms. The van der Waals surface area contributed by atoms with E-state index >= 15 is 0 Å². The van der Waals surface area contributed by atoms with Gasteiger partial charge in [-0.25, -0.2) is 16.8 Å². The summed E-state index contributed by atoms with van der Waals surface area (Å²) in [5, 5.41) is 4.51. The minimum Gasteiger partial charge on any atom is -0.385 e. The van der Waals surface area contributed by atoms with Crippen molar-refractivity contribution in [3.8, 4) is 0 Å². The highest BCUT2D eigenvalue weighted by Gasteiger charge is 2.34. The van der Waals surface area contributed by atoms with Gasteiger partial charge in [0, 0.05) is 61.6 Å². The van der Waals surface area contributed by atoms with Crippen LogP contribution in [0.25, 0.3) is 10.8 Å². The van der Waals surface area contributed by atoms with Crippen molar-refractivity contribution in [2.45, 2.75) is 29.1 Å². The molecule has 2 amide bonds. The Morgan fingerprint density at radius 1 is 1.02 bits per heavy atom. The summed E-state index contributed by atoms with van der Waals surface area (Å²) >= 11 is 0. The van der Waals surface area contributed by atoms with E-state index in [1.807, 2.05) is 12.1 Å². The molecule has 0 aliphatic carbocycles. The lowest BCUT2D eigenvalue weighted by Gasteiger charge is -2.31. The normalized spacial score (nSPS) is 17.9. The number of hydrogen-bond acceptors (Lipinski definition) is 7. The molecule has 0 aromatic heterocycles. The second-order valence-electron chi connectivity index (χ2n) is 10.1. The maximum absolute atomic E-state index is 13.4. The summed E-state index contributed by atoms with van der Waals surface area (Å²) in [7, 11) is -5.75. The van der Waals surface area contributed by atoms with Gasteiger partial charge in [-0.3, -0.25) is 9.59 Å². The molecule has 0 spiro atoms. The molecule has 1 atom stereocenters. The van der Waals surface area contributed by atoms with Crippen LogP contribution in [-0.2, 0) is 29.4 Å².